The topological polar surface area (TPSA) is 71.0 Å². The smallest absolute Gasteiger partial charge is 0.242 e. The third-order valence-corrected chi connectivity index (χ3v) is 5.90. The van der Waals surface area contributed by atoms with E-state index in [1.165, 1.54) is 22.2 Å². The number of thioether (sulfide) groups is 1. The molecule has 7 heteroatoms. The Morgan fingerprint density at radius 2 is 1.90 bits per heavy atom. The number of rotatable bonds is 6. The van der Waals surface area contributed by atoms with Gasteiger partial charge in [0.05, 0.1) is 7.11 Å². The van der Waals surface area contributed by atoms with E-state index in [4.69, 9.17) is 4.74 Å². The van der Waals surface area contributed by atoms with Crippen molar-refractivity contribution in [2.45, 2.75) is 31.4 Å². The molecule has 1 aliphatic heterocycles. The summed E-state index contributed by atoms with van der Waals surface area (Å²) in [6.45, 7) is 4.24. The number of hydrogen-bond donors (Lipinski definition) is 1. The Labute approximate surface area is 175 Å². The van der Waals surface area contributed by atoms with Gasteiger partial charge in [0.15, 0.2) is 5.17 Å². The molecule has 1 N–H and O–H groups in total. The molecule has 1 atom stereocenters. The van der Waals surface area contributed by atoms with Crippen molar-refractivity contribution in [3.63, 3.8) is 0 Å². The van der Waals surface area contributed by atoms with Crippen LogP contribution in [0.5, 0.6) is 5.75 Å². The molecular weight excluding hydrogens is 386 g/mol. The standard InChI is InChI=1S/C22H25N3O3S/c1-14(2)15-9-11-16(12-10-15)23-20(26)13-19-21(27)25(3)22(29-19)24-17-7-5-6-8-18(17)28-4/h5-12,14,19H,13H2,1-4H3,(H,23,26)/t19-/m0/s1. The van der Waals surface area contributed by atoms with E-state index < -0.39 is 5.25 Å². The zero-order chi connectivity index (χ0) is 21.0. The fourth-order valence-corrected chi connectivity index (χ4v) is 4.10. The predicted molar refractivity (Wildman–Crippen MR) is 118 cm³/mol. The lowest BCUT2D eigenvalue weighted by Gasteiger charge is -2.10. The predicted octanol–water partition coefficient (Wildman–Crippen LogP) is 4.41. The van der Waals surface area contributed by atoms with Crippen LogP contribution in [0.15, 0.2) is 53.5 Å². The minimum absolute atomic E-state index is 0.0880. The molecule has 1 heterocycles. The summed E-state index contributed by atoms with van der Waals surface area (Å²) in [4.78, 5) is 31.1. The van der Waals surface area contributed by atoms with Crippen molar-refractivity contribution < 1.29 is 14.3 Å². The number of hydrogen-bond acceptors (Lipinski definition) is 5. The number of nitrogens with zero attached hydrogens (tertiary/aromatic N) is 2. The second-order valence-electron chi connectivity index (χ2n) is 7.10. The highest BCUT2D eigenvalue weighted by molar-refractivity contribution is 8.15. The van der Waals surface area contributed by atoms with Crippen LogP contribution in [-0.2, 0) is 9.59 Å². The van der Waals surface area contributed by atoms with Gasteiger partial charge in [-0.25, -0.2) is 4.99 Å². The van der Waals surface area contributed by atoms with Crippen LogP contribution in [0.3, 0.4) is 0 Å². The monoisotopic (exact) mass is 411 g/mol. The second kappa shape index (κ2) is 9.13. The van der Waals surface area contributed by atoms with Gasteiger partial charge in [-0.15, -0.1) is 0 Å². The average Bonchev–Trinajstić information content (AvgIpc) is 2.96. The third kappa shape index (κ3) is 4.98. The third-order valence-electron chi connectivity index (χ3n) is 4.67. The molecule has 0 radical (unpaired) electrons. The molecule has 0 aliphatic carbocycles. The van der Waals surface area contributed by atoms with E-state index in [2.05, 4.69) is 24.2 Å². The molecule has 0 bridgehead atoms. The molecule has 152 valence electrons. The maximum atomic E-state index is 12.6. The van der Waals surface area contributed by atoms with Crippen LogP contribution in [0, 0.1) is 0 Å². The first-order chi connectivity index (χ1) is 13.9. The zero-order valence-corrected chi connectivity index (χ0v) is 17.8. The number of anilines is 1. The summed E-state index contributed by atoms with van der Waals surface area (Å²) in [6, 6.07) is 15.1. The summed E-state index contributed by atoms with van der Waals surface area (Å²) in [5.41, 5.74) is 2.59. The largest absolute Gasteiger partial charge is 0.494 e. The van der Waals surface area contributed by atoms with Gasteiger partial charge in [-0.3, -0.25) is 14.5 Å². The number of amides is 2. The van der Waals surface area contributed by atoms with Crippen LogP contribution in [-0.4, -0.2) is 41.3 Å². The fourth-order valence-electron chi connectivity index (χ4n) is 2.95. The molecule has 0 aromatic heterocycles. The van der Waals surface area contributed by atoms with Gasteiger partial charge in [0, 0.05) is 19.2 Å². The molecule has 1 saturated heterocycles. The van der Waals surface area contributed by atoms with Gasteiger partial charge in [-0.2, -0.15) is 0 Å². The first-order valence-corrected chi connectivity index (χ1v) is 10.3. The summed E-state index contributed by atoms with van der Waals surface area (Å²) in [7, 11) is 3.25. The minimum atomic E-state index is -0.497. The van der Waals surface area contributed by atoms with E-state index in [9.17, 15) is 9.59 Å². The molecule has 29 heavy (non-hydrogen) atoms. The Hall–Kier alpha value is -2.80. The number of ether oxygens (including phenoxy) is 1. The summed E-state index contributed by atoms with van der Waals surface area (Å²) in [5.74, 6) is 0.741. The normalized spacial score (nSPS) is 17.8. The molecule has 6 nitrogen and oxygen atoms in total. The number of amidine groups is 1. The number of para-hydroxylation sites is 2. The summed E-state index contributed by atoms with van der Waals surface area (Å²) in [6.07, 6.45) is 0.0880. The molecule has 3 rings (SSSR count). The van der Waals surface area contributed by atoms with Gasteiger partial charge in [0.25, 0.3) is 0 Å². The highest BCUT2D eigenvalue weighted by Gasteiger charge is 2.37. The van der Waals surface area contributed by atoms with Gasteiger partial charge in [0.1, 0.15) is 16.7 Å². The Bertz CT molecular complexity index is 925. The van der Waals surface area contributed by atoms with Crippen molar-refractivity contribution in [1.82, 2.24) is 4.90 Å². The van der Waals surface area contributed by atoms with Crippen LogP contribution in [0.25, 0.3) is 0 Å². The first kappa shape index (κ1) is 20.9. The van der Waals surface area contributed by atoms with Crippen LogP contribution < -0.4 is 10.1 Å². The summed E-state index contributed by atoms with van der Waals surface area (Å²) in [5, 5.41) is 2.93. The Kier molecular flexibility index (Phi) is 6.59. The summed E-state index contributed by atoms with van der Waals surface area (Å²) >= 11 is 1.30. The lowest BCUT2D eigenvalue weighted by Crippen LogP contribution is -2.30. The number of methoxy groups -OCH3 is 1. The quantitative estimate of drug-likeness (QED) is 0.764. The van der Waals surface area contributed by atoms with Crippen molar-refractivity contribution in [2.75, 3.05) is 19.5 Å². The van der Waals surface area contributed by atoms with Gasteiger partial charge in [-0.1, -0.05) is 49.9 Å². The van der Waals surface area contributed by atoms with Gasteiger partial charge in [-0.05, 0) is 35.7 Å². The minimum Gasteiger partial charge on any atom is -0.494 e. The van der Waals surface area contributed by atoms with E-state index in [1.807, 2.05) is 48.5 Å². The average molecular weight is 412 g/mol. The molecule has 2 amide bonds. The molecule has 1 aliphatic rings. The van der Waals surface area contributed by atoms with Crippen LogP contribution in [0.2, 0.25) is 0 Å². The number of benzene rings is 2. The second-order valence-corrected chi connectivity index (χ2v) is 8.27. The molecular formula is C22H25N3O3S. The fraction of sp³-hybridized carbons (Fsp3) is 0.318. The maximum absolute atomic E-state index is 12.6. The van der Waals surface area contributed by atoms with Crippen molar-refractivity contribution in [3.05, 3.63) is 54.1 Å². The Morgan fingerprint density at radius 3 is 2.55 bits per heavy atom. The Balaban J connectivity index is 1.66. The summed E-state index contributed by atoms with van der Waals surface area (Å²) < 4.78 is 5.31. The number of carbonyl (C=O) groups excluding carboxylic acids is 2. The van der Waals surface area contributed by atoms with Crippen molar-refractivity contribution >= 4 is 40.1 Å². The highest BCUT2D eigenvalue weighted by atomic mass is 32.2. The van der Waals surface area contributed by atoms with Crippen LogP contribution in [0.1, 0.15) is 31.7 Å². The SMILES string of the molecule is COc1ccccc1N=C1S[C@@H](CC(=O)Nc2ccc(C(C)C)cc2)C(=O)N1C. The van der Waals surface area contributed by atoms with Crippen LogP contribution in [0.4, 0.5) is 11.4 Å². The lowest BCUT2D eigenvalue weighted by molar-refractivity contribution is -0.127. The molecule has 0 spiro atoms. The van der Waals surface area contributed by atoms with Gasteiger partial charge in [0.2, 0.25) is 11.8 Å². The van der Waals surface area contributed by atoms with Crippen molar-refractivity contribution in [2.24, 2.45) is 4.99 Å². The van der Waals surface area contributed by atoms with Crippen molar-refractivity contribution in [3.8, 4) is 5.75 Å². The first-order valence-electron chi connectivity index (χ1n) is 9.44. The zero-order valence-electron chi connectivity index (χ0n) is 17.0. The van der Waals surface area contributed by atoms with E-state index in [0.29, 0.717) is 22.5 Å². The van der Waals surface area contributed by atoms with E-state index in [1.54, 1.807) is 14.2 Å². The number of nitrogens with one attached hydrogen (secondary N) is 1. The highest BCUT2D eigenvalue weighted by Crippen LogP contribution is 2.34. The van der Waals surface area contributed by atoms with Crippen molar-refractivity contribution in [1.29, 1.82) is 0 Å². The number of aliphatic imine (C=N–C) groups is 1. The van der Waals surface area contributed by atoms with Gasteiger partial charge >= 0.3 is 0 Å². The molecule has 1 fully saturated rings. The lowest BCUT2D eigenvalue weighted by atomic mass is 10.0. The Morgan fingerprint density at radius 1 is 1.21 bits per heavy atom. The molecule has 2 aromatic carbocycles. The van der Waals surface area contributed by atoms with E-state index in [-0.39, 0.29) is 18.2 Å². The molecule has 2 aromatic rings. The number of carbonyl (C=O) groups is 2. The van der Waals surface area contributed by atoms with Crippen LogP contribution >= 0.6 is 11.8 Å². The molecule has 0 unspecified atom stereocenters. The maximum Gasteiger partial charge on any atom is 0.242 e. The van der Waals surface area contributed by atoms with E-state index in [0.717, 1.165) is 5.69 Å². The van der Waals surface area contributed by atoms with E-state index >= 15 is 0 Å². The van der Waals surface area contributed by atoms with Gasteiger partial charge < -0.3 is 10.1 Å². The molecule has 0 saturated carbocycles.